The number of aromatic nitrogens is 3. The van der Waals surface area contributed by atoms with Gasteiger partial charge in [0.25, 0.3) is 5.91 Å². The molecule has 0 aliphatic carbocycles. The van der Waals surface area contributed by atoms with Crippen LogP contribution in [0.1, 0.15) is 47.3 Å². The molecule has 0 saturated heterocycles. The molecule has 7 heteroatoms. The quantitative estimate of drug-likeness (QED) is 0.839. The third kappa shape index (κ3) is 2.36. The number of carbonyl (C=O) groups is 1. The van der Waals surface area contributed by atoms with E-state index in [0.717, 1.165) is 28.3 Å². The van der Waals surface area contributed by atoms with E-state index < -0.39 is 0 Å². The van der Waals surface area contributed by atoms with Crippen molar-refractivity contribution in [3.63, 3.8) is 0 Å². The van der Waals surface area contributed by atoms with Crippen molar-refractivity contribution in [1.29, 1.82) is 0 Å². The summed E-state index contributed by atoms with van der Waals surface area (Å²) in [7, 11) is 0. The Morgan fingerprint density at radius 1 is 1.42 bits per heavy atom. The van der Waals surface area contributed by atoms with Crippen LogP contribution in [-0.4, -0.2) is 40.3 Å². The van der Waals surface area contributed by atoms with Crippen molar-refractivity contribution >= 4 is 17.4 Å². The molecule has 24 heavy (non-hydrogen) atoms. The first-order valence-corrected chi connectivity index (χ1v) is 8.29. The maximum atomic E-state index is 13.2. The lowest BCUT2D eigenvalue weighted by molar-refractivity contribution is -0.00696. The van der Waals surface area contributed by atoms with Crippen LogP contribution in [-0.2, 0) is 11.2 Å². The minimum Gasteiger partial charge on any atom is -0.369 e. The number of hydrogen-bond acceptors (Lipinski definition) is 5. The van der Waals surface area contributed by atoms with Crippen molar-refractivity contribution in [2.75, 3.05) is 23.3 Å². The Bertz CT molecular complexity index is 800. The zero-order chi connectivity index (χ0) is 16.8. The molecular formula is C17H21N5O2. The Morgan fingerprint density at radius 3 is 3.08 bits per heavy atom. The predicted molar refractivity (Wildman–Crippen MR) is 90.4 cm³/mol. The van der Waals surface area contributed by atoms with Crippen LogP contribution in [0.4, 0.5) is 11.5 Å². The highest BCUT2D eigenvalue weighted by Gasteiger charge is 2.33. The second-order valence-electron chi connectivity index (χ2n) is 6.52. The number of nitrogens with zero attached hydrogens (tertiary/aromatic N) is 3. The van der Waals surface area contributed by atoms with Crippen molar-refractivity contribution in [2.24, 2.45) is 0 Å². The number of carbonyl (C=O) groups excluding carboxylic acids is 1. The zero-order valence-electron chi connectivity index (χ0n) is 14.1. The topological polar surface area (TPSA) is 83.1 Å². The first kappa shape index (κ1) is 15.1. The highest BCUT2D eigenvalue weighted by molar-refractivity contribution is 6.07. The molecule has 2 aliphatic heterocycles. The van der Waals surface area contributed by atoms with Crippen molar-refractivity contribution in [1.82, 2.24) is 15.2 Å². The standard InChI is InChI=1S/C17H21N5O2/c1-9-6-13-16(19-8-9)18-4-5-22(13)17(23)15-12-7-10(2)24-11(3)14(12)20-21-15/h6,8,10-11H,4-5,7H2,1-3H3,(H,18,19)(H,20,21)/t10-,11+/m1/s1. The number of aromatic amines is 1. The van der Waals surface area contributed by atoms with E-state index in [4.69, 9.17) is 4.74 Å². The molecule has 4 rings (SSSR count). The summed E-state index contributed by atoms with van der Waals surface area (Å²) in [6.07, 6.45) is 2.51. The second kappa shape index (κ2) is 5.59. The van der Waals surface area contributed by atoms with Gasteiger partial charge in [-0.25, -0.2) is 4.98 Å². The Balaban J connectivity index is 1.73. The third-order valence-electron chi connectivity index (χ3n) is 4.60. The average molecular weight is 327 g/mol. The number of aryl methyl sites for hydroxylation is 1. The summed E-state index contributed by atoms with van der Waals surface area (Å²) >= 11 is 0. The number of hydrogen-bond donors (Lipinski definition) is 2. The molecule has 2 aromatic rings. The molecule has 0 saturated carbocycles. The van der Waals surface area contributed by atoms with E-state index in [-0.39, 0.29) is 18.1 Å². The summed E-state index contributed by atoms with van der Waals surface area (Å²) in [6.45, 7) is 7.25. The highest BCUT2D eigenvalue weighted by Crippen LogP contribution is 2.33. The summed E-state index contributed by atoms with van der Waals surface area (Å²) < 4.78 is 5.81. The summed E-state index contributed by atoms with van der Waals surface area (Å²) in [4.78, 5) is 19.3. The highest BCUT2D eigenvalue weighted by atomic mass is 16.5. The average Bonchev–Trinajstić information content (AvgIpc) is 2.97. The van der Waals surface area contributed by atoms with Gasteiger partial charge < -0.3 is 15.0 Å². The van der Waals surface area contributed by atoms with Gasteiger partial charge in [-0.1, -0.05) is 0 Å². The Hall–Kier alpha value is -2.41. The summed E-state index contributed by atoms with van der Waals surface area (Å²) in [5, 5.41) is 10.6. The third-order valence-corrected chi connectivity index (χ3v) is 4.60. The SMILES string of the molecule is Cc1cnc2c(c1)N(C(=O)c1n[nH]c3c1C[C@@H](C)O[C@H]3C)CCN2. The second-order valence-corrected chi connectivity index (χ2v) is 6.52. The minimum absolute atomic E-state index is 0.0722. The largest absolute Gasteiger partial charge is 0.369 e. The molecule has 7 nitrogen and oxygen atoms in total. The van der Waals surface area contributed by atoms with Gasteiger partial charge in [-0.15, -0.1) is 0 Å². The summed E-state index contributed by atoms with van der Waals surface area (Å²) in [5.41, 5.74) is 4.23. The van der Waals surface area contributed by atoms with Gasteiger partial charge in [-0.05, 0) is 32.4 Å². The van der Waals surface area contributed by atoms with Crippen molar-refractivity contribution in [3.8, 4) is 0 Å². The van der Waals surface area contributed by atoms with Gasteiger partial charge in [0.1, 0.15) is 5.82 Å². The van der Waals surface area contributed by atoms with Crippen molar-refractivity contribution < 1.29 is 9.53 Å². The van der Waals surface area contributed by atoms with Crippen LogP contribution in [0, 0.1) is 6.92 Å². The van der Waals surface area contributed by atoms with Crippen LogP contribution < -0.4 is 10.2 Å². The molecule has 2 aromatic heterocycles. The monoisotopic (exact) mass is 327 g/mol. The minimum atomic E-state index is -0.0797. The normalized spacial score (nSPS) is 22.5. The molecule has 2 atom stereocenters. The van der Waals surface area contributed by atoms with E-state index in [1.807, 2.05) is 26.8 Å². The van der Waals surface area contributed by atoms with E-state index in [1.165, 1.54) is 0 Å². The fraction of sp³-hybridized carbons (Fsp3) is 0.471. The lowest BCUT2D eigenvalue weighted by atomic mass is 9.99. The van der Waals surface area contributed by atoms with E-state index >= 15 is 0 Å². The molecule has 0 aromatic carbocycles. The fourth-order valence-corrected chi connectivity index (χ4v) is 3.49. The molecule has 2 N–H and O–H groups in total. The number of H-pyrrole nitrogens is 1. The molecule has 0 radical (unpaired) electrons. The van der Waals surface area contributed by atoms with Crippen molar-refractivity contribution in [2.45, 2.75) is 39.4 Å². The van der Waals surface area contributed by atoms with E-state index in [1.54, 1.807) is 11.1 Å². The van der Waals surface area contributed by atoms with Gasteiger partial charge in [0.05, 0.1) is 23.6 Å². The number of amides is 1. The Labute approximate surface area is 140 Å². The van der Waals surface area contributed by atoms with Crippen LogP contribution >= 0.6 is 0 Å². The lowest BCUT2D eigenvalue weighted by Crippen LogP contribution is -2.40. The van der Waals surface area contributed by atoms with Crippen LogP contribution in [0.15, 0.2) is 12.3 Å². The van der Waals surface area contributed by atoms with Gasteiger partial charge in [-0.2, -0.15) is 5.10 Å². The van der Waals surface area contributed by atoms with E-state index in [0.29, 0.717) is 25.2 Å². The fourth-order valence-electron chi connectivity index (χ4n) is 3.49. The van der Waals surface area contributed by atoms with E-state index in [9.17, 15) is 4.79 Å². The molecule has 0 bridgehead atoms. The smallest absolute Gasteiger partial charge is 0.279 e. The number of fused-ring (bicyclic) bond motifs is 2. The van der Waals surface area contributed by atoms with Crippen LogP contribution in [0.3, 0.4) is 0 Å². The molecule has 0 unspecified atom stereocenters. The van der Waals surface area contributed by atoms with Gasteiger partial charge in [0.15, 0.2) is 5.69 Å². The number of rotatable bonds is 1. The van der Waals surface area contributed by atoms with E-state index in [2.05, 4.69) is 20.5 Å². The first-order chi connectivity index (χ1) is 11.5. The first-order valence-electron chi connectivity index (χ1n) is 8.29. The molecule has 0 spiro atoms. The zero-order valence-corrected chi connectivity index (χ0v) is 14.1. The van der Waals surface area contributed by atoms with Crippen LogP contribution in [0.2, 0.25) is 0 Å². The molecule has 2 aliphatic rings. The maximum Gasteiger partial charge on any atom is 0.279 e. The molecule has 126 valence electrons. The van der Waals surface area contributed by atoms with Crippen LogP contribution in [0.25, 0.3) is 0 Å². The molecule has 4 heterocycles. The molecular weight excluding hydrogens is 306 g/mol. The Morgan fingerprint density at radius 2 is 2.25 bits per heavy atom. The lowest BCUT2D eigenvalue weighted by Gasteiger charge is -2.30. The van der Waals surface area contributed by atoms with Gasteiger partial charge in [-0.3, -0.25) is 9.89 Å². The van der Waals surface area contributed by atoms with Crippen LogP contribution in [0.5, 0.6) is 0 Å². The van der Waals surface area contributed by atoms with Gasteiger partial charge >= 0.3 is 0 Å². The summed E-state index contributed by atoms with van der Waals surface area (Å²) in [6, 6.07) is 1.99. The predicted octanol–water partition coefficient (Wildman–Crippen LogP) is 2.21. The Kier molecular flexibility index (Phi) is 3.53. The van der Waals surface area contributed by atoms with Crippen molar-refractivity contribution in [3.05, 3.63) is 34.8 Å². The maximum absolute atomic E-state index is 13.2. The number of ether oxygens (including phenoxy) is 1. The van der Waals surface area contributed by atoms with Gasteiger partial charge in [0.2, 0.25) is 0 Å². The molecule has 0 fully saturated rings. The molecule has 1 amide bonds. The number of anilines is 2. The number of nitrogens with one attached hydrogen (secondary N) is 2. The summed E-state index contributed by atoms with van der Waals surface area (Å²) in [5.74, 6) is 0.665. The van der Waals surface area contributed by atoms with Gasteiger partial charge in [0, 0.05) is 31.3 Å². The number of pyridine rings is 1.